The Morgan fingerprint density at radius 3 is 3.00 bits per heavy atom. The molecule has 0 aromatic rings. The van der Waals surface area contributed by atoms with Crippen molar-refractivity contribution in [2.75, 3.05) is 6.54 Å². The van der Waals surface area contributed by atoms with E-state index in [2.05, 4.69) is 11.2 Å². The van der Waals surface area contributed by atoms with Crippen molar-refractivity contribution in [3.05, 3.63) is 12.2 Å². The topological polar surface area (TPSA) is 55.1 Å². The zero-order valence-electron chi connectivity index (χ0n) is 4.92. The maximum absolute atomic E-state index is 9.99. The fourth-order valence-electron chi connectivity index (χ4n) is 0.286. The molecule has 0 aliphatic rings. The van der Waals surface area contributed by atoms with Crippen LogP contribution in [0.1, 0.15) is 0 Å². The molecule has 0 unspecified atom stereocenters. The van der Waals surface area contributed by atoms with Crippen LogP contribution in [0.4, 0.5) is 4.79 Å². The highest BCUT2D eigenvalue weighted by molar-refractivity contribution is 5.71. The molecule has 0 rings (SSSR count). The number of nitrogens with one attached hydrogen (secondary N) is 1. The van der Waals surface area contributed by atoms with Gasteiger partial charge < -0.3 is 11.1 Å². The second-order valence-corrected chi connectivity index (χ2v) is 1.31. The molecule has 0 spiro atoms. The predicted molar refractivity (Wildman–Crippen MR) is 35.6 cm³/mol. The number of terminal acetylenes is 1. The molecule has 0 atom stereocenters. The Morgan fingerprint density at radius 1 is 1.89 bits per heavy atom. The van der Waals surface area contributed by atoms with E-state index in [-0.39, 0.29) is 0 Å². The lowest BCUT2D eigenvalue weighted by Gasteiger charge is -1.91. The van der Waals surface area contributed by atoms with Crippen LogP contribution in [-0.2, 0) is 0 Å². The van der Waals surface area contributed by atoms with Gasteiger partial charge in [-0.2, -0.15) is 0 Å². The Hall–Kier alpha value is -1.43. The van der Waals surface area contributed by atoms with E-state index < -0.39 is 6.03 Å². The molecule has 3 nitrogen and oxygen atoms in total. The standard InChI is InChI=1S/C6H8N2O/c1-2-3-4-5-8-6(7)9/h1,3-4H,5H2,(H3,7,8,9)/b4-3+. The lowest BCUT2D eigenvalue weighted by Crippen LogP contribution is -2.29. The molecule has 0 fully saturated rings. The molecule has 0 aliphatic heterocycles. The van der Waals surface area contributed by atoms with E-state index in [1.807, 2.05) is 0 Å². The number of rotatable bonds is 2. The molecule has 0 heterocycles. The average molecular weight is 124 g/mol. The highest BCUT2D eigenvalue weighted by Gasteiger charge is 1.82. The van der Waals surface area contributed by atoms with Gasteiger partial charge in [0.05, 0.1) is 0 Å². The highest BCUT2D eigenvalue weighted by atomic mass is 16.2. The van der Waals surface area contributed by atoms with E-state index >= 15 is 0 Å². The Kier molecular flexibility index (Phi) is 3.97. The summed E-state index contributed by atoms with van der Waals surface area (Å²) in [4.78, 5) is 9.99. The van der Waals surface area contributed by atoms with E-state index in [0.717, 1.165) is 0 Å². The fourth-order valence-corrected chi connectivity index (χ4v) is 0.286. The minimum Gasteiger partial charge on any atom is -0.352 e. The van der Waals surface area contributed by atoms with Gasteiger partial charge in [-0.3, -0.25) is 0 Å². The van der Waals surface area contributed by atoms with Crippen molar-refractivity contribution in [2.24, 2.45) is 5.73 Å². The summed E-state index contributed by atoms with van der Waals surface area (Å²) in [5.41, 5.74) is 4.74. The molecule has 48 valence electrons. The van der Waals surface area contributed by atoms with E-state index in [1.165, 1.54) is 6.08 Å². The number of carbonyl (C=O) groups excluding carboxylic acids is 1. The predicted octanol–water partition coefficient (Wildman–Crippen LogP) is -0.156. The summed E-state index contributed by atoms with van der Waals surface area (Å²) < 4.78 is 0. The summed E-state index contributed by atoms with van der Waals surface area (Å²) in [6.45, 7) is 0.388. The molecule has 3 heteroatoms. The lowest BCUT2D eigenvalue weighted by atomic mass is 10.5. The van der Waals surface area contributed by atoms with Crippen LogP contribution in [0.5, 0.6) is 0 Å². The molecule has 0 bridgehead atoms. The molecule has 0 aromatic heterocycles. The summed E-state index contributed by atoms with van der Waals surface area (Å²) in [7, 11) is 0. The molecule has 0 aliphatic carbocycles. The lowest BCUT2D eigenvalue weighted by molar-refractivity contribution is 0.250. The third-order valence-electron chi connectivity index (χ3n) is 0.608. The summed E-state index contributed by atoms with van der Waals surface area (Å²) in [5.74, 6) is 2.27. The summed E-state index contributed by atoms with van der Waals surface area (Å²) >= 11 is 0. The number of primary amides is 1. The minimum atomic E-state index is -0.545. The molecule has 0 saturated heterocycles. The van der Waals surface area contributed by atoms with E-state index in [1.54, 1.807) is 6.08 Å². The van der Waals surface area contributed by atoms with Gasteiger partial charge in [0.15, 0.2) is 0 Å². The molecule has 2 amide bonds. The largest absolute Gasteiger partial charge is 0.352 e. The first-order valence-electron chi connectivity index (χ1n) is 2.42. The first-order valence-corrected chi connectivity index (χ1v) is 2.42. The maximum atomic E-state index is 9.99. The van der Waals surface area contributed by atoms with Crippen LogP contribution in [0.25, 0.3) is 0 Å². The van der Waals surface area contributed by atoms with Gasteiger partial charge in [0.25, 0.3) is 0 Å². The molecule has 3 N–H and O–H groups in total. The van der Waals surface area contributed by atoms with Gasteiger partial charge in [0.1, 0.15) is 0 Å². The Labute approximate surface area is 53.9 Å². The van der Waals surface area contributed by atoms with Crippen molar-refractivity contribution < 1.29 is 4.79 Å². The van der Waals surface area contributed by atoms with Gasteiger partial charge in [-0.05, 0) is 6.08 Å². The van der Waals surface area contributed by atoms with Crippen LogP contribution in [-0.4, -0.2) is 12.6 Å². The van der Waals surface area contributed by atoms with Gasteiger partial charge in [-0.25, -0.2) is 4.79 Å². The van der Waals surface area contributed by atoms with Crippen LogP contribution >= 0.6 is 0 Å². The average Bonchev–Trinajstić information content (AvgIpc) is 1.80. The molecule has 0 aromatic carbocycles. The Balaban J connectivity index is 3.22. The highest BCUT2D eigenvalue weighted by Crippen LogP contribution is 1.65. The van der Waals surface area contributed by atoms with Crippen LogP contribution in [0.15, 0.2) is 12.2 Å². The normalized spacial score (nSPS) is 8.78. The summed E-state index contributed by atoms with van der Waals surface area (Å²) in [5, 5.41) is 2.34. The van der Waals surface area contributed by atoms with E-state index in [4.69, 9.17) is 12.2 Å². The van der Waals surface area contributed by atoms with Crippen LogP contribution in [0.3, 0.4) is 0 Å². The third-order valence-corrected chi connectivity index (χ3v) is 0.608. The summed E-state index contributed by atoms with van der Waals surface area (Å²) in [6.07, 6.45) is 7.99. The summed E-state index contributed by atoms with van der Waals surface area (Å²) in [6, 6.07) is -0.545. The van der Waals surface area contributed by atoms with Crippen molar-refractivity contribution in [2.45, 2.75) is 0 Å². The first-order chi connectivity index (χ1) is 4.27. The van der Waals surface area contributed by atoms with Crippen molar-refractivity contribution in [3.63, 3.8) is 0 Å². The van der Waals surface area contributed by atoms with Crippen molar-refractivity contribution in [3.8, 4) is 12.3 Å². The third kappa shape index (κ3) is 6.57. The number of hydrogen-bond donors (Lipinski definition) is 2. The number of carbonyl (C=O) groups is 1. The van der Waals surface area contributed by atoms with E-state index in [0.29, 0.717) is 6.54 Å². The number of amides is 2. The number of hydrogen-bond acceptors (Lipinski definition) is 1. The zero-order valence-corrected chi connectivity index (χ0v) is 4.92. The zero-order chi connectivity index (χ0) is 7.11. The molecule has 9 heavy (non-hydrogen) atoms. The number of nitrogens with two attached hydrogens (primary N) is 1. The Bertz CT molecular complexity index is 155. The minimum absolute atomic E-state index is 0.388. The smallest absolute Gasteiger partial charge is 0.312 e. The van der Waals surface area contributed by atoms with Gasteiger partial charge in [-0.1, -0.05) is 12.0 Å². The molecular weight excluding hydrogens is 116 g/mol. The maximum Gasteiger partial charge on any atom is 0.312 e. The quantitative estimate of drug-likeness (QED) is 0.494. The molecule has 0 saturated carbocycles. The Morgan fingerprint density at radius 2 is 2.56 bits per heavy atom. The van der Waals surface area contributed by atoms with Gasteiger partial charge in [-0.15, -0.1) is 6.42 Å². The first kappa shape index (κ1) is 7.57. The van der Waals surface area contributed by atoms with Gasteiger partial charge >= 0.3 is 6.03 Å². The van der Waals surface area contributed by atoms with E-state index in [9.17, 15) is 4.79 Å². The molecule has 0 radical (unpaired) electrons. The second-order valence-electron chi connectivity index (χ2n) is 1.31. The SMILES string of the molecule is C#C/C=C/CNC(N)=O. The van der Waals surface area contributed by atoms with Gasteiger partial charge in [0.2, 0.25) is 0 Å². The molecular formula is C6H8N2O. The van der Waals surface area contributed by atoms with Gasteiger partial charge in [0, 0.05) is 6.54 Å². The van der Waals surface area contributed by atoms with Crippen LogP contribution in [0.2, 0.25) is 0 Å². The van der Waals surface area contributed by atoms with Crippen LogP contribution in [0, 0.1) is 12.3 Å². The fraction of sp³-hybridized carbons (Fsp3) is 0.167. The number of urea groups is 1. The number of allylic oxidation sites excluding steroid dienone is 1. The van der Waals surface area contributed by atoms with Crippen molar-refractivity contribution in [1.29, 1.82) is 0 Å². The van der Waals surface area contributed by atoms with Crippen molar-refractivity contribution >= 4 is 6.03 Å². The van der Waals surface area contributed by atoms with Crippen LogP contribution < -0.4 is 11.1 Å². The second kappa shape index (κ2) is 4.72. The monoisotopic (exact) mass is 124 g/mol. The van der Waals surface area contributed by atoms with Crippen molar-refractivity contribution in [1.82, 2.24) is 5.32 Å².